The summed E-state index contributed by atoms with van der Waals surface area (Å²) in [5.41, 5.74) is 2.57. The number of anilines is 2. The van der Waals surface area contributed by atoms with Gasteiger partial charge in [0.25, 0.3) is 5.91 Å². The van der Waals surface area contributed by atoms with E-state index in [9.17, 15) is 9.18 Å². The number of nitrogens with zero attached hydrogens (tertiary/aromatic N) is 6. The maximum absolute atomic E-state index is 14.3. The zero-order chi connectivity index (χ0) is 25.4. The molecule has 3 aromatic rings. The number of hydrogen-bond donors (Lipinski definition) is 1. The van der Waals surface area contributed by atoms with Crippen LogP contribution < -0.4 is 10.2 Å². The Morgan fingerprint density at radius 3 is 2.81 bits per heavy atom. The van der Waals surface area contributed by atoms with Gasteiger partial charge in [-0.25, -0.2) is 19.3 Å². The van der Waals surface area contributed by atoms with Gasteiger partial charge in [0, 0.05) is 63.6 Å². The van der Waals surface area contributed by atoms with E-state index in [0.29, 0.717) is 40.9 Å². The molecule has 37 heavy (non-hydrogen) atoms. The fourth-order valence-electron chi connectivity index (χ4n) is 5.50. The van der Waals surface area contributed by atoms with Crippen LogP contribution in [0.2, 0.25) is 0 Å². The first-order chi connectivity index (χ1) is 18.0. The number of thiazole rings is 1. The lowest BCUT2D eigenvalue weighted by atomic mass is 9.97. The summed E-state index contributed by atoms with van der Waals surface area (Å²) in [5, 5.41) is 3.47. The molecule has 0 radical (unpaired) electrons. The lowest BCUT2D eigenvalue weighted by Crippen LogP contribution is -2.44. The number of piperazine rings is 1. The molecule has 3 aliphatic rings. The summed E-state index contributed by atoms with van der Waals surface area (Å²) < 4.78 is 19.7. The summed E-state index contributed by atoms with van der Waals surface area (Å²) >= 11 is 1.28. The highest BCUT2D eigenvalue weighted by Gasteiger charge is 2.33. The van der Waals surface area contributed by atoms with Gasteiger partial charge in [0.1, 0.15) is 22.5 Å². The first-order valence-electron chi connectivity index (χ1n) is 13.0. The van der Waals surface area contributed by atoms with Crippen molar-refractivity contribution in [1.82, 2.24) is 30.1 Å². The molecular formula is C26H32FN7O2S. The van der Waals surface area contributed by atoms with Crippen molar-refractivity contribution in [2.24, 2.45) is 0 Å². The van der Waals surface area contributed by atoms with Crippen LogP contribution in [0.5, 0.6) is 0 Å². The maximum atomic E-state index is 14.3. The minimum atomic E-state index is -0.223. The number of carbonyl (C=O) groups is 1. The molecule has 2 saturated heterocycles. The zero-order valence-corrected chi connectivity index (χ0v) is 21.8. The monoisotopic (exact) mass is 525 g/mol. The minimum absolute atomic E-state index is 0.0974. The molecule has 11 heteroatoms. The summed E-state index contributed by atoms with van der Waals surface area (Å²) in [5.74, 6) is 0.445. The molecule has 2 fully saturated rings. The second kappa shape index (κ2) is 10.6. The number of likely N-dealkylation sites (N-methyl/N-ethyl adjacent to an activating group) is 1. The third-order valence-corrected chi connectivity index (χ3v) is 8.66. The number of hydrogen-bond acceptors (Lipinski definition) is 9. The van der Waals surface area contributed by atoms with Crippen molar-refractivity contribution < 1.29 is 13.9 Å². The van der Waals surface area contributed by atoms with Crippen LogP contribution in [-0.4, -0.2) is 96.2 Å². The van der Waals surface area contributed by atoms with Crippen molar-refractivity contribution in [3.05, 3.63) is 40.9 Å². The normalized spacial score (nSPS) is 21.5. The second-order valence-electron chi connectivity index (χ2n) is 10.2. The minimum Gasteiger partial charge on any atom is -0.381 e. The van der Waals surface area contributed by atoms with Crippen LogP contribution in [0, 0.1) is 5.82 Å². The van der Waals surface area contributed by atoms with Crippen LogP contribution in [0.3, 0.4) is 0 Å². The Kier molecular flexibility index (Phi) is 7.02. The van der Waals surface area contributed by atoms with Crippen molar-refractivity contribution >= 4 is 39.1 Å². The van der Waals surface area contributed by atoms with Crippen LogP contribution in [-0.2, 0) is 4.74 Å². The SMILES string of the molecule is CN1CCN(CCC2CN(c3ncnc4sc(C(=O)NC5CCOCC5)nc34)c3ccc(F)cc32)CC1. The molecule has 196 valence electrons. The average molecular weight is 526 g/mol. The van der Waals surface area contributed by atoms with Crippen molar-refractivity contribution in [2.75, 3.05) is 64.4 Å². The maximum Gasteiger partial charge on any atom is 0.280 e. The Bertz CT molecular complexity index is 1270. The molecule has 3 aliphatic heterocycles. The van der Waals surface area contributed by atoms with Crippen molar-refractivity contribution in [1.29, 1.82) is 0 Å². The molecule has 1 aromatic carbocycles. The van der Waals surface area contributed by atoms with Gasteiger partial charge < -0.3 is 24.8 Å². The van der Waals surface area contributed by atoms with Crippen LogP contribution >= 0.6 is 11.3 Å². The Balaban J connectivity index is 1.24. The number of rotatable bonds is 6. The van der Waals surface area contributed by atoms with Gasteiger partial charge in [-0.2, -0.15) is 0 Å². The van der Waals surface area contributed by atoms with Crippen LogP contribution in [0.4, 0.5) is 15.9 Å². The largest absolute Gasteiger partial charge is 0.381 e. The summed E-state index contributed by atoms with van der Waals surface area (Å²) in [7, 11) is 2.16. The average Bonchev–Trinajstić information content (AvgIpc) is 3.51. The lowest BCUT2D eigenvalue weighted by molar-refractivity contribution is 0.0696. The molecule has 1 unspecified atom stereocenters. The first kappa shape index (κ1) is 24.6. The smallest absolute Gasteiger partial charge is 0.280 e. The molecule has 0 spiro atoms. The van der Waals surface area contributed by atoms with E-state index in [2.05, 4.69) is 42.0 Å². The molecule has 6 rings (SSSR count). The van der Waals surface area contributed by atoms with Gasteiger partial charge in [-0.15, -0.1) is 0 Å². The van der Waals surface area contributed by atoms with Gasteiger partial charge in [-0.05, 0) is 56.6 Å². The van der Waals surface area contributed by atoms with Gasteiger partial charge in [-0.1, -0.05) is 11.3 Å². The van der Waals surface area contributed by atoms with Crippen LogP contribution in [0.25, 0.3) is 10.3 Å². The Morgan fingerprint density at radius 2 is 2.00 bits per heavy atom. The number of amides is 1. The highest BCUT2D eigenvalue weighted by molar-refractivity contribution is 7.20. The molecule has 0 saturated carbocycles. The molecule has 1 N–H and O–H groups in total. The van der Waals surface area contributed by atoms with Gasteiger partial charge >= 0.3 is 0 Å². The second-order valence-corrected chi connectivity index (χ2v) is 11.2. The Morgan fingerprint density at radius 1 is 1.19 bits per heavy atom. The highest BCUT2D eigenvalue weighted by atomic mass is 32.1. The van der Waals surface area contributed by atoms with E-state index >= 15 is 0 Å². The fraction of sp³-hybridized carbons (Fsp3) is 0.538. The van der Waals surface area contributed by atoms with E-state index in [0.717, 1.165) is 63.2 Å². The number of carbonyl (C=O) groups excluding carboxylic acids is 1. The van der Waals surface area contributed by atoms with Gasteiger partial charge in [0.2, 0.25) is 0 Å². The molecule has 0 aliphatic carbocycles. The van der Waals surface area contributed by atoms with Crippen molar-refractivity contribution in [3.8, 4) is 0 Å². The van der Waals surface area contributed by atoms with E-state index in [1.54, 1.807) is 6.07 Å². The van der Waals surface area contributed by atoms with E-state index in [-0.39, 0.29) is 23.7 Å². The van der Waals surface area contributed by atoms with Gasteiger partial charge in [0.05, 0.1) is 0 Å². The summed E-state index contributed by atoms with van der Waals surface area (Å²) in [6.07, 6.45) is 4.08. The standard InChI is InChI=1S/C26H32FN7O2S/c1-32-8-10-33(11-9-32)7-4-17-15-34(21-3-2-18(27)14-20(17)21)23-22-25(29-16-28-23)37-26(31-22)24(35)30-19-5-12-36-13-6-19/h2-3,14,16-17,19H,4-13,15H2,1H3,(H,30,35). The van der Waals surface area contributed by atoms with Gasteiger partial charge in [0.15, 0.2) is 10.8 Å². The first-order valence-corrected chi connectivity index (χ1v) is 13.8. The molecule has 1 atom stereocenters. The van der Waals surface area contributed by atoms with Crippen molar-refractivity contribution in [3.63, 3.8) is 0 Å². The molecule has 0 bridgehead atoms. The quantitative estimate of drug-likeness (QED) is 0.526. The topological polar surface area (TPSA) is 86.7 Å². The summed E-state index contributed by atoms with van der Waals surface area (Å²) in [6.45, 7) is 7.27. The molecule has 5 heterocycles. The zero-order valence-electron chi connectivity index (χ0n) is 21.0. The fourth-order valence-corrected chi connectivity index (χ4v) is 6.30. The number of ether oxygens (including phenoxy) is 1. The number of nitrogens with one attached hydrogen (secondary N) is 1. The van der Waals surface area contributed by atoms with Gasteiger partial charge in [-0.3, -0.25) is 4.79 Å². The summed E-state index contributed by atoms with van der Waals surface area (Å²) in [4.78, 5) is 34.3. The predicted octanol–water partition coefficient (Wildman–Crippen LogP) is 3.01. The van der Waals surface area contributed by atoms with E-state index < -0.39 is 0 Å². The van der Waals surface area contributed by atoms with Crippen molar-refractivity contribution in [2.45, 2.75) is 31.2 Å². The third kappa shape index (κ3) is 5.18. The Labute approximate surface area is 219 Å². The predicted molar refractivity (Wildman–Crippen MR) is 141 cm³/mol. The van der Waals surface area contributed by atoms with Crippen LogP contribution in [0.15, 0.2) is 24.5 Å². The number of aromatic nitrogens is 3. The Hall–Kier alpha value is -2.73. The van der Waals surface area contributed by atoms with Crippen LogP contribution in [0.1, 0.15) is 40.5 Å². The van der Waals surface area contributed by atoms with E-state index in [1.807, 2.05) is 6.07 Å². The molecule has 1 amide bonds. The third-order valence-electron chi connectivity index (χ3n) is 7.70. The van der Waals surface area contributed by atoms with E-state index in [1.165, 1.54) is 23.7 Å². The summed E-state index contributed by atoms with van der Waals surface area (Å²) in [6, 6.07) is 5.09. The lowest BCUT2D eigenvalue weighted by Gasteiger charge is -2.33. The molecular weight excluding hydrogens is 493 g/mol. The van der Waals surface area contributed by atoms with E-state index in [4.69, 9.17) is 4.74 Å². The highest BCUT2D eigenvalue weighted by Crippen LogP contribution is 2.44. The molecule has 2 aromatic heterocycles. The number of halogens is 1. The molecule has 9 nitrogen and oxygen atoms in total. The number of fused-ring (bicyclic) bond motifs is 2. The number of benzene rings is 1.